The molecule has 1 amide bonds. The minimum absolute atomic E-state index is 0.117. The Bertz CT molecular complexity index is 1370. The fourth-order valence-corrected chi connectivity index (χ4v) is 5.04. The summed E-state index contributed by atoms with van der Waals surface area (Å²) in [6.07, 6.45) is 8.97. The van der Waals surface area contributed by atoms with Gasteiger partial charge in [0.2, 0.25) is 5.95 Å². The first-order chi connectivity index (χ1) is 18.4. The summed E-state index contributed by atoms with van der Waals surface area (Å²) in [7, 11) is 2.16. The number of nitrogens with zero attached hydrogens (tertiary/aromatic N) is 5. The van der Waals surface area contributed by atoms with Crippen LogP contribution >= 0.6 is 0 Å². The maximum absolute atomic E-state index is 12.8. The molecule has 1 fully saturated rings. The van der Waals surface area contributed by atoms with E-state index in [0.717, 1.165) is 50.4 Å². The Morgan fingerprint density at radius 2 is 1.95 bits per heavy atom. The van der Waals surface area contributed by atoms with Crippen LogP contribution in [0.5, 0.6) is 0 Å². The third-order valence-electron chi connectivity index (χ3n) is 7.25. The van der Waals surface area contributed by atoms with E-state index in [9.17, 15) is 4.79 Å². The van der Waals surface area contributed by atoms with Gasteiger partial charge < -0.3 is 25.8 Å². The smallest absolute Gasteiger partial charge is 0.257 e. The number of fused-ring (bicyclic) bond motifs is 1. The first-order valence-electron chi connectivity index (χ1n) is 13.1. The molecule has 1 aliphatic heterocycles. The minimum atomic E-state index is -0.348. The summed E-state index contributed by atoms with van der Waals surface area (Å²) < 4.78 is 0. The normalized spacial score (nSPS) is 17.0. The molecule has 38 heavy (non-hydrogen) atoms. The van der Waals surface area contributed by atoms with E-state index >= 15 is 0 Å². The number of likely N-dealkylation sites (N-methyl/N-ethyl adjacent to an activating group) is 1. The molecule has 0 radical (unpaired) electrons. The topological polar surface area (TPSA) is 98.3 Å². The summed E-state index contributed by atoms with van der Waals surface area (Å²) in [5, 5.41) is 9.24. The van der Waals surface area contributed by atoms with Gasteiger partial charge in [-0.2, -0.15) is 4.98 Å². The van der Waals surface area contributed by atoms with Gasteiger partial charge in [0.15, 0.2) is 0 Å². The van der Waals surface area contributed by atoms with Gasteiger partial charge in [0.25, 0.3) is 5.91 Å². The standard InChI is InChI=1S/C29H34N8O/c1-5-12-30-28(38)23-18-31-29(35-27(23)34-25-11-8-21-7-6-19(2)26(21)33-25)32-22-9-10-24(20(3)17-22)37-15-13-36(4)14-16-37/h1,8-11,17-19H,6-7,12-16H2,2-4H3,(H,30,38)(H2,31,32,33,34,35). The lowest BCUT2D eigenvalue weighted by molar-refractivity contribution is 0.0959. The van der Waals surface area contributed by atoms with E-state index in [-0.39, 0.29) is 12.5 Å². The Balaban J connectivity index is 1.39. The number of piperazine rings is 1. The van der Waals surface area contributed by atoms with E-state index < -0.39 is 0 Å². The molecule has 2 aromatic heterocycles. The molecule has 0 saturated carbocycles. The molecular formula is C29H34N8O. The van der Waals surface area contributed by atoms with Crippen molar-refractivity contribution < 1.29 is 4.79 Å². The molecule has 3 heterocycles. The lowest BCUT2D eigenvalue weighted by Gasteiger charge is -2.35. The third-order valence-corrected chi connectivity index (χ3v) is 7.25. The summed E-state index contributed by atoms with van der Waals surface area (Å²) in [4.78, 5) is 31.5. The third kappa shape index (κ3) is 5.55. The lowest BCUT2D eigenvalue weighted by Crippen LogP contribution is -2.44. The predicted octanol–water partition coefficient (Wildman–Crippen LogP) is 3.83. The predicted molar refractivity (Wildman–Crippen MR) is 152 cm³/mol. The number of anilines is 5. The Kier molecular flexibility index (Phi) is 7.43. The molecule has 196 valence electrons. The van der Waals surface area contributed by atoms with Crippen molar-refractivity contribution in [2.45, 2.75) is 32.6 Å². The number of aromatic nitrogens is 3. The molecule has 1 unspecified atom stereocenters. The minimum Gasteiger partial charge on any atom is -0.369 e. The highest BCUT2D eigenvalue weighted by atomic mass is 16.1. The SMILES string of the molecule is C#CCNC(=O)c1cnc(Nc2ccc(N3CCN(C)CC3)c(C)c2)nc1Nc1ccc2c(n1)C(C)CC2. The van der Waals surface area contributed by atoms with Gasteiger partial charge in [-0.05, 0) is 68.1 Å². The van der Waals surface area contributed by atoms with Crippen LogP contribution in [0.3, 0.4) is 0 Å². The fraction of sp³-hybridized carbons (Fsp3) is 0.379. The van der Waals surface area contributed by atoms with Crippen molar-refractivity contribution in [3.8, 4) is 12.3 Å². The first kappa shape index (κ1) is 25.5. The van der Waals surface area contributed by atoms with Crippen LogP contribution in [0.4, 0.5) is 29.0 Å². The summed E-state index contributed by atoms with van der Waals surface area (Å²) in [5.74, 6) is 3.86. The number of hydrogen-bond acceptors (Lipinski definition) is 8. The zero-order valence-corrected chi connectivity index (χ0v) is 22.2. The average Bonchev–Trinajstić information content (AvgIpc) is 3.28. The van der Waals surface area contributed by atoms with Crippen LogP contribution in [-0.4, -0.2) is 65.5 Å². The molecule has 9 nitrogen and oxygen atoms in total. The second-order valence-electron chi connectivity index (χ2n) is 10.1. The van der Waals surface area contributed by atoms with Crippen molar-refractivity contribution in [2.24, 2.45) is 0 Å². The van der Waals surface area contributed by atoms with Gasteiger partial charge in [0.1, 0.15) is 17.2 Å². The number of carbonyl (C=O) groups is 1. The van der Waals surface area contributed by atoms with Gasteiger partial charge in [-0.1, -0.05) is 18.9 Å². The van der Waals surface area contributed by atoms with Gasteiger partial charge in [-0.15, -0.1) is 6.42 Å². The molecule has 3 aromatic rings. The quantitative estimate of drug-likeness (QED) is 0.413. The largest absolute Gasteiger partial charge is 0.369 e. The molecule has 1 aromatic carbocycles. The van der Waals surface area contributed by atoms with Crippen molar-refractivity contribution in [3.05, 3.63) is 58.9 Å². The Morgan fingerprint density at radius 3 is 2.71 bits per heavy atom. The monoisotopic (exact) mass is 510 g/mol. The van der Waals surface area contributed by atoms with Crippen LogP contribution < -0.4 is 20.9 Å². The Labute approximate surface area is 224 Å². The molecule has 1 aliphatic carbocycles. The van der Waals surface area contributed by atoms with Crippen LogP contribution in [-0.2, 0) is 6.42 Å². The Hall–Kier alpha value is -4.16. The number of terminal acetylenes is 1. The van der Waals surface area contributed by atoms with Gasteiger partial charge in [0.05, 0.1) is 6.54 Å². The highest BCUT2D eigenvalue weighted by Crippen LogP contribution is 2.33. The maximum atomic E-state index is 12.8. The number of rotatable bonds is 7. The number of hydrogen-bond donors (Lipinski definition) is 3. The van der Waals surface area contributed by atoms with E-state index in [0.29, 0.717) is 29.1 Å². The van der Waals surface area contributed by atoms with Crippen molar-refractivity contribution >= 4 is 34.9 Å². The molecule has 0 bridgehead atoms. The van der Waals surface area contributed by atoms with E-state index in [4.69, 9.17) is 11.4 Å². The summed E-state index contributed by atoms with van der Waals surface area (Å²) in [6.45, 7) is 8.56. The Morgan fingerprint density at radius 1 is 1.13 bits per heavy atom. The van der Waals surface area contributed by atoms with Gasteiger partial charge in [0, 0.05) is 49.4 Å². The van der Waals surface area contributed by atoms with Crippen LogP contribution in [0.25, 0.3) is 0 Å². The second-order valence-corrected chi connectivity index (χ2v) is 10.1. The number of nitrogens with one attached hydrogen (secondary N) is 3. The van der Waals surface area contributed by atoms with Crippen LogP contribution in [0.1, 0.15) is 46.4 Å². The van der Waals surface area contributed by atoms with E-state index in [1.165, 1.54) is 23.0 Å². The molecular weight excluding hydrogens is 476 g/mol. The van der Waals surface area contributed by atoms with Crippen molar-refractivity contribution in [3.63, 3.8) is 0 Å². The summed E-state index contributed by atoms with van der Waals surface area (Å²) in [5.41, 5.74) is 5.96. The van der Waals surface area contributed by atoms with Crippen LogP contribution in [0.2, 0.25) is 0 Å². The molecule has 5 rings (SSSR count). The summed E-state index contributed by atoms with van der Waals surface area (Å²) >= 11 is 0. The zero-order chi connectivity index (χ0) is 26.6. The molecule has 0 spiro atoms. The molecule has 3 N–H and O–H groups in total. The van der Waals surface area contributed by atoms with Crippen molar-refractivity contribution in [1.29, 1.82) is 0 Å². The van der Waals surface area contributed by atoms with Crippen LogP contribution in [0, 0.1) is 19.3 Å². The molecule has 2 aliphatic rings. The van der Waals surface area contributed by atoms with E-state index in [1.54, 1.807) is 0 Å². The molecule has 9 heteroatoms. The van der Waals surface area contributed by atoms with Gasteiger partial charge >= 0.3 is 0 Å². The average molecular weight is 511 g/mol. The van der Waals surface area contributed by atoms with E-state index in [2.05, 4.69) is 80.7 Å². The number of amides is 1. The lowest BCUT2D eigenvalue weighted by atomic mass is 10.1. The van der Waals surface area contributed by atoms with Crippen molar-refractivity contribution in [1.82, 2.24) is 25.2 Å². The summed E-state index contributed by atoms with van der Waals surface area (Å²) in [6, 6.07) is 10.3. The highest BCUT2D eigenvalue weighted by molar-refractivity contribution is 5.99. The van der Waals surface area contributed by atoms with Crippen molar-refractivity contribution in [2.75, 3.05) is 55.3 Å². The fourth-order valence-electron chi connectivity index (χ4n) is 5.04. The molecule has 1 atom stereocenters. The number of pyridine rings is 1. The highest BCUT2D eigenvalue weighted by Gasteiger charge is 2.22. The number of benzene rings is 1. The maximum Gasteiger partial charge on any atom is 0.257 e. The second kappa shape index (κ2) is 11.1. The van der Waals surface area contributed by atoms with E-state index in [1.807, 2.05) is 12.1 Å². The first-order valence-corrected chi connectivity index (χ1v) is 13.1. The van der Waals surface area contributed by atoms with Gasteiger partial charge in [-0.25, -0.2) is 9.97 Å². The zero-order valence-electron chi connectivity index (χ0n) is 22.2. The number of carbonyl (C=O) groups excluding carboxylic acids is 1. The van der Waals surface area contributed by atoms with Crippen LogP contribution in [0.15, 0.2) is 36.5 Å². The van der Waals surface area contributed by atoms with Gasteiger partial charge in [-0.3, -0.25) is 4.79 Å². The molecule has 1 saturated heterocycles. The number of aryl methyl sites for hydroxylation is 2.